The summed E-state index contributed by atoms with van der Waals surface area (Å²) in [6, 6.07) is 3.69. The lowest BCUT2D eigenvalue weighted by Crippen LogP contribution is -2.24. The van der Waals surface area contributed by atoms with Gasteiger partial charge in [0.2, 0.25) is 0 Å². The zero-order valence-corrected chi connectivity index (χ0v) is 9.85. The standard InChI is InChI=1S/C13H18FNO/c1-9-5-6-12(14)11(13(9)16-2)8-10-4-3-7-15-10/h5-6,10,15H,3-4,7-8H2,1-2H3. The molecule has 2 rings (SSSR count). The molecular weight excluding hydrogens is 205 g/mol. The molecule has 1 aromatic rings. The van der Waals surface area contributed by atoms with Crippen molar-refractivity contribution < 1.29 is 9.13 Å². The molecule has 2 nitrogen and oxygen atoms in total. The molecule has 16 heavy (non-hydrogen) atoms. The van der Waals surface area contributed by atoms with E-state index in [4.69, 9.17) is 4.74 Å². The highest BCUT2D eigenvalue weighted by Gasteiger charge is 2.20. The highest BCUT2D eigenvalue weighted by Crippen LogP contribution is 2.28. The van der Waals surface area contributed by atoms with E-state index in [1.165, 1.54) is 12.5 Å². The van der Waals surface area contributed by atoms with Crippen LogP contribution in [0.2, 0.25) is 0 Å². The molecule has 1 N–H and O–H groups in total. The van der Waals surface area contributed by atoms with Crippen LogP contribution in [0.3, 0.4) is 0 Å². The molecule has 0 spiro atoms. The van der Waals surface area contributed by atoms with Crippen LogP contribution < -0.4 is 10.1 Å². The number of ether oxygens (including phenoxy) is 1. The Morgan fingerprint density at radius 2 is 2.31 bits per heavy atom. The molecule has 1 atom stereocenters. The second kappa shape index (κ2) is 4.83. The number of halogens is 1. The Balaban J connectivity index is 2.26. The second-order valence-corrected chi connectivity index (χ2v) is 4.37. The van der Waals surface area contributed by atoms with Gasteiger partial charge in [0.1, 0.15) is 11.6 Å². The fourth-order valence-corrected chi connectivity index (χ4v) is 2.37. The maximum absolute atomic E-state index is 13.8. The van der Waals surface area contributed by atoms with Crippen LogP contribution in [0.15, 0.2) is 12.1 Å². The van der Waals surface area contributed by atoms with E-state index in [1.54, 1.807) is 13.2 Å². The zero-order valence-electron chi connectivity index (χ0n) is 9.85. The summed E-state index contributed by atoms with van der Waals surface area (Å²) in [5.74, 6) is 0.546. The zero-order chi connectivity index (χ0) is 11.5. The van der Waals surface area contributed by atoms with Gasteiger partial charge in [-0.3, -0.25) is 0 Å². The lowest BCUT2D eigenvalue weighted by atomic mass is 10.0. The van der Waals surface area contributed by atoms with Crippen LogP contribution in [-0.4, -0.2) is 19.7 Å². The van der Waals surface area contributed by atoms with Crippen molar-refractivity contribution >= 4 is 0 Å². The second-order valence-electron chi connectivity index (χ2n) is 4.37. The van der Waals surface area contributed by atoms with Gasteiger partial charge in [0, 0.05) is 11.6 Å². The molecular formula is C13H18FNO. The summed E-state index contributed by atoms with van der Waals surface area (Å²) in [6.07, 6.45) is 3.02. The van der Waals surface area contributed by atoms with Gasteiger partial charge in [-0.2, -0.15) is 0 Å². The van der Waals surface area contributed by atoms with E-state index in [2.05, 4.69) is 5.32 Å². The largest absolute Gasteiger partial charge is 0.496 e. The predicted octanol–water partition coefficient (Wildman–Crippen LogP) is 2.44. The molecule has 0 bridgehead atoms. The summed E-state index contributed by atoms with van der Waals surface area (Å²) in [4.78, 5) is 0. The lowest BCUT2D eigenvalue weighted by molar-refractivity contribution is 0.397. The third-order valence-electron chi connectivity index (χ3n) is 3.22. The van der Waals surface area contributed by atoms with Crippen molar-refractivity contribution in [3.05, 3.63) is 29.1 Å². The number of rotatable bonds is 3. The van der Waals surface area contributed by atoms with Gasteiger partial charge in [0.05, 0.1) is 7.11 Å². The minimum absolute atomic E-state index is 0.156. The van der Waals surface area contributed by atoms with Crippen molar-refractivity contribution in [2.24, 2.45) is 0 Å². The van der Waals surface area contributed by atoms with Gasteiger partial charge in [-0.05, 0) is 44.4 Å². The average molecular weight is 223 g/mol. The molecule has 3 heteroatoms. The van der Waals surface area contributed by atoms with Gasteiger partial charge < -0.3 is 10.1 Å². The van der Waals surface area contributed by atoms with Crippen molar-refractivity contribution in [1.29, 1.82) is 0 Å². The maximum atomic E-state index is 13.8. The van der Waals surface area contributed by atoms with Crippen LogP contribution >= 0.6 is 0 Å². The molecule has 1 heterocycles. The van der Waals surface area contributed by atoms with E-state index < -0.39 is 0 Å². The van der Waals surface area contributed by atoms with Gasteiger partial charge >= 0.3 is 0 Å². The lowest BCUT2D eigenvalue weighted by Gasteiger charge is -2.16. The van der Waals surface area contributed by atoms with Gasteiger partial charge in [0.15, 0.2) is 0 Å². The Labute approximate surface area is 95.8 Å². The van der Waals surface area contributed by atoms with Crippen molar-refractivity contribution in [3.8, 4) is 5.75 Å². The predicted molar refractivity (Wildman–Crippen MR) is 62.4 cm³/mol. The first kappa shape index (κ1) is 11.4. The summed E-state index contributed by atoms with van der Waals surface area (Å²) in [6.45, 7) is 2.99. The van der Waals surface area contributed by atoms with Crippen LogP contribution in [-0.2, 0) is 6.42 Å². The van der Waals surface area contributed by atoms with Crippen molar-refractivity contribution in [2.45, 2.75) is 32.2 Å². The monoisotopic (exact) mass is 223 g/mol. The summed E-state index contributed by atoms with van der Waals surface area (Å²) in [5, 5.41) is 3.38. The Morgan fingerprint density at radius 1 is 1.50 bits per heavy atom. The third kappa shape index (κ3) is 2.19. The molecule has 1 saturated heterocycles. The minimum atomic E-state index is -0.156. The molecule has 0 aliphatic carbocycles. The number of methoxy groups -OCH3 is 1. The highest BCUT2D eigenvalue weighted by atomic mass is 19.1. The summed E-state index contributed by atoms with van der Waals surface area (Å²) >= 11 is 0. The number of aryl methyl sites for hydroxylation is 1. The Hall–Kier alpha value is -1.09. The maximum Gasteiger partial charge on any atom is 0.130 e. The van der Waals surface area contributed by atoms with E-state index in [0.29, 0.717) is 17.4 Å². The van der Waals surface area contributed by atoms with E-state index in [0.717, 1.165) is 24.9 Å². The third-order valence-corrected chi connectivity index (χ3v) is 3.22. The van der Waals surface area contributed by atoms with E-state index in [1.807, 2.05) is 6.92 Å². The first-order valence-electron chi connectivity index (χ1n) is 5.77. The normalized spacial score (nSPS) is 20.1. The average Bonchev–Trinajstić information content (AvgIpc) is 2.77. The van der Waals surface area contributed by atoms with E-state index in [9.17, 15) is 4.39 Å². The summed E-state index contributed by atoms with van der Waals surface area (Å²) < 4.78 is 19.1. The van der Waals surface area contributed by atoms with Crippen LogP contribution in [0.1, 0.15) is 24.0 Å². The fourth-order valence-electron chi connectivity index (χ4n) is 2.37. The minimum Gasteiger partial charge on any atom is -0.496 e. The number of hydrogen-bond acceptors (Lipinski definition) is 2. The van der Waals surface area contributed by atoms with Gasteiger partial charge in [-0.25, -0.2) is 4.39 Å². The van der Waals surface area contributed by atoms with Crippen LogP contribution in [0.5, 0.6) is 5.75 Å². The Kier molecular flexibility index (Phi) is 3.44. The molecule has 88 valence electrons. The molecule has 0 radical (unpaired) electrons. The number of hydrogen-bond donors (Lipinski definition) is 1. The van der Waals surface area contributed by atoms with Crippen molar-refractivity contribution in [2.75, 3.05) is 13.7 Å². The van der Waals surface area contributed by atoms with Crippen molar-refractivity contribution in [1.82, 2.24) is 5.32 Å². The van der Waals surface area contributed by atoms with E-state index >= 15 is 0 Å². The van der Waals surface area contributed by atoms with Crippen LogP contribution in [0, 0.1) is 12.7 Å². The molecule has 1 aliphatic rings. The summed E-state index contributed by atoms with van der Waals surface area (Å²) in [5.41, 5.74) is 1.71. The van der Waals surface area contributed by atoms with Gasteiger partial charge in [-0.15, -0.1) is 0 Å². The molecule has 0 saturated carbocycles. The SMILES string of the molecule is COc1c(C)ccc(F)c1CC1CCCN1. The summed E-state index contributed by atoms with van der Waals surface area (Å²) in [7, 11) is 1.60. The molecule has 1 unspecified atom stereocenters. The molecule has 1 aliphatic heterocycles. The highest BCUT2D eigenvalue weighted by molar-refractivity contribution is 5.42. The molecule has 0 amide bonds. The first-order chi connectivity index (χ1) is 7.72. The topological polar surface area (TPSA) is 21.3 Å². The fraction of sp³-hybridized carbons (Fsp3) is 0.538. The molecule has 1 aromatic carbocycles. The first-order valence-corrected chi connectivity index (χ1v) is 5.77. The van der Waals surface area contributed by atoms with Gasteiger partial charge in [0.25, 0.3) is 0 Å². The Morgan fingerprint density at radius 3 is 2.94 bits per heavy atom. The number of nitrogens with one attached hydrogen (secondary N) is 1. The quantitative estimate of drug-likeness (QED) is 0.849. The molecule has 1 fully saturated rings. The van der Waals surface area contributed by atoms with Gasteiger partial charge in [-0.1, -0.05) is 6.07 Å². The molecule has 0 aromatic heterocycles. The Bertz CT molecular complexity index is 372. The van der Waals surface area contributed by atoms with E-state index in [-0.39, 0.29) is 5.82 Å². The smallest absolute Gasteiger partial charge is 0.130 e. The van der Waals surface area contributed by atoms with Crippen LogP contribution in [0.25, 0.3) is 0 Å². The van der Waals surface area contributed by atoms with Crippen LogP contribution in [0.4, 0.5) is 4.39 Å². The number of benzene rings is 1. The van der Waals surface area contributed by atoms with Crippen molar-refractivity contribution in [3.63, 3.8) is 0 Å².